The van der Waals surface area contributed by atoms with Crippen LogP contribution in [-0.2, 0) is 11.3 Å². The van der Waals surface area contributed by atoms with Crippen LogP contribution in [0.25, 0.3) is 0 Å². The maximum atomic E-state index is 12.9. The maximum absolute atomic E-state index is 12.9. The molecular formula is C22H27N3O4. The summed E-state index contributed by atoms with van der Waals surface area (Å²) in [5, 5.41) is 4.37. The number of ketones is 1. The predicted molar refractivity (Wildman–Crippen MR) is 107 cm³/mol. The average molecular weight is 397 g/mol. The highest BCUT2D eigenvalue weighted by atomic mass is 16.5. The normalized spacial score (nSPS) is 18.9. The number of nitrogens with zero attached hydrogens (tertiary/aromatic N) is 3. The summed E-state index contributed by atoms with van der Waals surface area (Å²) in [5.74, 6) is 1.32. The molecule has 3 heterocycles. The zero-order valence-electron chi connectivity index (χ0n) is 17.2. The SMILES string of the molecule is COc1ccc2c(c1)OC1(CCN(C(=O)[C@@H](C)Cn3ccc(C)n3)CC1)CC2=O. The molecule has 1 amide bonds. The number of likely N-dealkylation sites (tertiary alicyclic amines) is 1. The Morgan fingerprint density at radius 3 is 2.72 bits per heavy atom. The molecule has 29 heavy (non-hydrogen) atoms. The molecule has 0 N–H and O–H groups in total. The number of piperidine rings is 1. The summed E-state index contributed by atoms with van der Waals surface area (Å²) in [5.41, 5.74) is 1.02. The van der Waals surface area contributed by atoms with Gasteiger partial charge in [-0.15, -0.1) is 0 Å². The van der Waals surface area contributed by atoms with Crippen molar-refractivity contribution in [2.24, 2.45) is 5.92 Å². The van der Waals surface area contributed by atoms with Crippen molar-refractivity contribution in [3.05, 3.63) is 41.7 Å². The van der Waals surface area contributed by atoms with Crippen molar-refractivity contribution in [3.8, 4) is 11.5 Å². The van der Waals surface area contributed by atoms with Crippen molar-refractivity contribution >= 4 is 11.7 Å². The fourth-order valence-corrected chi connectivity index (χ4v) is 4.25. The molecular weight excluding hydrogens is 370 g/mol. The summed E-state index contributed by atoms with van der Waals surface area (Å²) in [6.45, 7) is 5.62. The van der Waals surface area contributed by atoms with Crippen LogP contribution < -0.4 is 9.47 Å². The Labute approximate surface area is 170 Å². The highest BCUT2D eigenvalue weighted by Crippen LogP contribution is 2.40. The minimum Gasteiger partial charge on any atom is -0.497 e. The molecule has 2 aliphatic heterocycles. The van der Waals surface area contributed by atoms with Gasteiger partial charge in [0.05, 0.1) is 37.3 Å². The number of amides is 1. The molecule has 0 aliphatic carbocycles. The van der Waals surface area contributed by atoms with E-state index < -0.39 is 5.60 Å². The average Bonchev–Trinajstić information content (AvgIpc) is 3.12. The number of hydrogen-bond donors (Lipinski definition) is 0. The van der Waals surface area contributed by atoms with Gasteiger partial charge in [0.1, 0.15) is 17.1 Å². The standard InChI is InChI=1S/C22H27N3O4/c1-15(14-25-9-6-16(2)23-25)21(27)24-10-7-22(8-11-24)13-19(26)18-5-4-17(28-3)12-20(18)29-22/h4-6,9,12,15H,7-8,10-11,13-14H2,1-3H3/t15-/m0/s1. The van der Waals surface area contributed by atoms with Gasteiger partial charge in [-0.05, 0) is 25.1 Å². The van der Waals surface area contributed by atoms with Crippen LogP contribution >= 0.6 is 0 Å². The molecule has 2 aromatic rings. The lowest BCUT2D eigenvalue weighted by Crippen LogP contribution is -2.53. The van der Waals surface area contributed by atoms with E-state index in [0.717, 1.165) is 5.69 Å². The van der Waals surface area contributed by atoms with Crippen molar-refractivity contribution in [2.45, 2.75) is 45.3 Å². The highest BCUT2D eigenvalue weighted by molar-refractivity contribution is 6.00. The Hall–Kier alpha value is -2.83. The second-order valence-electron chi connectivity index (χ2n) is 8.15. The van der Waals surface area contributed by atoms with E-state index >= 15 is 0 Å². The predicted octanol–water partition coefficient (Wildman–Crippen LogP) is 2.86. The Balaban J connectivity index is 1.40. The molecule has 1 atom stereocenters. The van der Waals surface area contributed by atoms with Gasteiger partial charge in [0.25, 0.3) is 0 Å². The van der Waals surface area contributed by atoms with Crippen molar-refractivity contribution in [3.63, 3.8) is 0 Å². The van der Waals surface area contributed by atoms with E-state index in [9.17, 15) is 9.59 Å². The van der Waals surface area contributed by atoms with E-state index in [0.29, 0.717) is 56.0 Å². The number of carbonyl (C=O) groups is 2. The zero-order valence-corrected chi connectivity index (χ0v) is 17.2. The first-order chi connectivity index (χ1) is 13.9. The number of hydrogen-bond acceptors (Lipinski definition) is 5. The minimum atomic E-state index is -0.532. The first-order valence-corrected chi connectivity index (χ1v) is 10.1. The van der Waals surface area contributed by atoms with Crippen molar-refractivity contribution in [1.29, 1.82) is 0 Å². The van der Waals surface area contributed by atoms with E-state index in [4.69, 9.17) is 9.47 Å². The first-order valence-electron chi connectivity index (χ1n) is 10.1. The number of benzene rings is 1. The van der Waals surface area contributed by atoms with Gasteiger partial charge in [-0.2, -0.15) is 5.10 Å². The van der Waals surface area contributed by atoms with Gasteiger partial charge >= 0.3 is 0 Å². The maximum Gasteiger partial charge on any atom is 0.227 e. The molecule has 1 fully saturated rings. The lowest BCUT2D eigenvalue weighted by molar-refractivity contribution is -0.139. The Bertz CT molecular complexity index is 928. The van der Waals surface area contributed by atoms with Gasteiger partial charge in [0.15, 0.2) is 5.78 Å². The lowest BCUT2D eigenvalue weighted by Gasteiger charge is -2.44. The zero-order chi connectivity index (χ0) is 20.6. The number of Topliss-reactive ketones (excluding diaryl/α,β-unsaturated/α-hetero) is 1. The van der Waals surface area contributed by atoms with E-state index in [2.05, 4.69) is 5.10 Å². The van der Waals surface area contributed by atoms with E-state index in [1.54, 1.807) is 25.3 Å². The van der Waals surface area contributed by atoms with Gasteiger partial charge in [-0.1, -0.05) is 6.92 Å². The summed E-state index contributed by atoms with van der Waals surface area (Å²) >= 11 is 0. The molecule has 1 aromatic heterocycles. The summed E-state index contributed by atoms with van der Waals surface area (Å²) in [7, 11) is 1.60. The van der Waals surface area contributed by atoms with Gasteiger partial charge in [-0.25, -0.2) is 0 Å². The topological polar surface area (TPSA) is 73.7 Å². The van der Waals surface area contributed by atoms with Crippen LogP contribution in [0.2, 0.25) is 0 Å². The third-order valence-electron chi connectivity index (χ3n) is 5.94. The van der Waals surface area contributed by atoms with E-state index in [1.165, 1.54) is 0 Å². The smallest absolute Gasteiger partial charge is 0.227 e. The van der Waals surface area contributed by atoms with Crippen molar-refractivity contribution in [1.82, 2.24) is 14.7 Å². The number of ether oxygens (including phenoxy) is 2. The molecule has 154 valence electrons. The molecule has 1 saturated heterocycles. The van der Waals surface area contributed by atoms with Crippen LogP contribution in [0.5, 0.6) is 11.5 Å². The third kappa shape index (κ3) is 3.86. The minimum absolute atomic E-state index is 0.0936. The van der Waals surface area contributed by atoms with Crippen molar-refractivity contribution < 1.29 is 19.1 Å². The molecule has 0 radical (unpaired) electrons. The summed E-state index contributed by atoms with van der Waals surface area (Å²) in [4.78, 5) is 27.5. The van der Waals surface area contributed by atoms with Crippen molar-refractivity contribution in [2.75, 3.05) is 20.2 Å². The molecule has 1 spiro atoms. The van der Waals surface area contributed by atoms with Crippen LogP contribution in [0.3, 0.4) is 0 Å². The Kier molecular flexibility index (Phi) is 5.06. The molecule has 7 heteroatoms. The van der Waals surface area contributed by atoms with E-state index in [-0.39, 0.29) is 17.6 Å². The summed E-state index contributed by atoms with van der Waals surface area (Å²) in [6, 6.07) is 7.26. The number of aryl methyl sites for hydroxylation is 1. The lowest BCUT2D eigenvalue weighted by atomic mass is 9.82. The van der Waals surface area contributed by atoms with Crippen LogP contribution in [0, 0.1) is 12.8 Å². The quantitative estimate of drug-likeness (QED) is 0.793. The summed E-state index contributed by atoms with van der Waals surface area (Å²) in [6.07, 6.45) is 3.55. The number of aromatic nitrogens is 2. The fraction of sp³-hybridized carbons (Fsp3) is 0.500. The Morgan fingerprint density at radius 1 is 1.31 bits per heavy atom. The van der Waals surface area contributed by atoms with Crippen LogP contribution in [-0.4, -0.2) is 52.2 Å². The molecule has 2 aliphatic rings. The Morgan fingerprint density at radius 2 is 2.07 bits per heavy atom. The largest absolute Gasteiger partial charge is 0.497 e. The molecule has 4 rings (SSSR count). The molecule has 0 bridgehead atoms. The number of methoxy groups -OCH3 is 1. The number of carbonyl (C=O) groups excluding carboxylic acids is 2. The van der Waals surface area contributed by atoms with Gasteiger partial charge in [-0.3, -0.25) is 14.3 Å². The van der Waals surface area contributed by atoms with Crippen LogP contribution in [0.15, 0.2) is 30.5 Å². The monoisotopic (exact) mass is 397 g/mol. The molecule has 1 aromatic carbocycles. The van der Waals surface area contributed by atoms with Crippen LogP contribution in [0.1, 0.15) is 42.2 Å². The highest BCUT2D eigenvalue weighted by Gasteiger charge is 2.44. The van der Waals surface area contributed by atoms with E-state index in [1.807, 2.05) is 35.7 Å². The van der Waals surface area contributed by atoms with Crippen LogP contribution in [0.4, 0.5) is 0 Å². The molecule has 0 unspecified atom stereocenters. The second-order valence-corrected chi connectivity index (χ2v) is 8.15. The number of rotatable bonds is 4. The van der Waals surface area contributed by atoms with Gasteiger partial charge in [0.2, 0.25) is 5.91 Å². The summed E-state index contributed by atoms with van der Waals surface area (Å²) < 4.78 is 13.4. The van der Waals surface area contributed by atoms with Gasteiger partial charge < -0.3 is 14.4 Å². The second kappa shape index (κ2) is 7.54. The molecule has 0 saturated carbocycles. The number of fused-ring (bicyclic) bond motifs is 1. The van der Waals surface area contributed by atoms with Gasteiger partial charge in [0, 0.05) is 38.2 Å². The molecule has 7 nitrogen and oxygen atoms in total. The first kappa shape index (κ1) is 19.5. The fourth-order valence-electron chi connectivity index (χ4n) is 4.25. The third-order valence-corrected chi connectivity index (χ3v) is 5.94.